The standard InChI is InChI=1S/C45H68N4O7.C2H6.CH4/c1-31(2)8-6-7-9-35-15-17-39-38-16-14-36-30-37(18-20-45(36,5)40(38)19-21-44(35,39)4)56-43(51)47-23-25-53-27-29-54-28-26-52-24-22-46-41(50)33-10-12-34(13-11-33)42-49-48-32(3)55-42;1-2;/h10-14,31,35,37-40H,6-9,15-30H2,1-5H3,(H,46,50)(H,47,51);1-2H3;1H4. The number of carbonyl (C=O) groups excluding carboxylic acids is 2. The predicted molar refractivity (Wildman–Crippen MR) is 234 cm³/mol. The molecule has 2 aromatic rings. The van der Waals surface area contributed by atoms with E-state index in [1.165, 1.54) is 57.8 Å². The number of nitrogens with zero attached hydrogens (tertiary/aromatic N) is 2. The van der Waals surface area contributed by atoms with Crippen molar-refractivity contribution in [2.24, 2.45) is 40.4 Å². The van der Waals surface area contributed by atoms with Gasteiger partial charge in [-0.15, -0.1) is 10.2 Å². The van der Waals surface area contributed by atoms with Gasteiger partial charge in [0.05, 0.1) is 39.6 Å². The fraction of sp³-hybridized carbons (Fsp3) is 0.750. The predicted octanol–water partition coefficient (Wildman–Crippen LogP) is 10.4. The highest BCUT2D eigenvalue weighted by Crippen LogP contribution is 2.66. The third kappa shape index (κ3) is 12.9. The van der Waals surface area contributed by atoms with Crippen LogP contribution < -0.4 is 10.6 Å². The smallest absolute Gasteiger partial charge is 0.407 e. The van der Waals surface area contributed by atoms with Crippen molar-refractivity contribution in [2.75, 3.05) is 52.7 Å². The Hall–Kier alpha value is -3.28. The van der Waals surface area contributed by atoms with Gasteiger partial charge in [0.25, 0.3) is 5.91 Å². The van der Waals surface area contributed by atoms with Gasteiger partial charge in [0, 0.05) is 37.6 Å². The van der Waals surface area contributed by atoms with Gasteiger partial charge in [0.1, 0.15) is 6.10 Å². The molecular weight excluding hydrogens is 745 g/mol. The van der Waals surface area contributed by atoms with Crippen LogP contribution >= 0.6 is 0 Å². The second kappa shape index (κ2) is 23.6. The van der Waals surface area contributed by atoms with Crippen LogP contribution in [0.25, 0.3) is 11.5 Å². The molecule has 332 valence electrons. The summed E-state index contributed by atoms with van der Waals surface area (Å²) in [6.45, 7) is 18.9. The molecule has 1 aromatic carbocycles. The zero-order valence-electron chi connectivity index (χ0n) is 36.7. The van der Waals surface area contributed by atoms with Gasteiger partial charge in [0.15, 0.2) is 0 Å². The maximum absolute atomic E-state index is 12.7. The molecule has 11 nitrogen and oxygen atoms in total. The molecule has 3 fully saturated rings. The Bertz CT molecular complexity index is 1590. The highest BCUT2D eigenvalue weighted by molar-refractivity contribution is 5.94. The second-order valence-electron chi connectivity index (χ2n) is 17.7. The SMILES string of the molecule is C.CC.Cc1nnc(-c2ccc(C(=O)NCCOCCOCCOCCNC(=O)OC3CCC4(C)C(=CCC5C4CCC4(C)C(CCCCC(C)C)CCC54)C3)cc2)o1. The zero-order valence-corrected chi connectivity index (χ0v) is 36.7. The first-order chi connectivity index (χ1) is 28.1. The van der Waals surface area contributed by atoms with Crippen molar-refractivity contribution in [3.05, 3.63) is 47.4 Å². The van der Waals surface area contributed by atoms with E-state index in [0.29, 0.717) is 75.5 Å². The number of ether oxygens (including phenoxy) is 4. The number of carbonyl (C=O) groups is 2. The third-order valence-corrected chi connectivity index (χ3v) is 13.8. The van der Waals surface area contributed by atoms with Gasteiger partial charge in [0.2, 0.25) is 11.8 Å². The van der Waals surface area contributed by atoms with Crippen LogP contribution in [0.2, 0.25) is 0 Å². The molecule has 59 heavy (non-hydrogen) atoms. The molecule has 1 aromatic heterocycles. The van der Waals surface area contributed by atoms with Crippen LogP contribution in [0.1, 0.15) is 142 Å². The summed E-state index contributed by atoms with van der Waals surface area (Å²) in [5.41, 5.74) is 3.63. The van der Waals surface area contributed by atoms with Crippen LogP contribution in [0, 0.1) is 47.3 Å². The monoisotopic (exact) mass is 823 g/mol. The second-order valence-corrected chi connectivity index (χ2v) is 17.7. The Morgan fingerprint density at radius 2 is 1.53 bits per heavy atom. The van der Waals surface area contributed by atoms with E-state index in [1.807, 2.05) is 13.8 Å². The summed E-state index contributed by atoms with van der Waals surface area (Å²) in [4.78, 5) is 25.1. The minimum atomic E-state index is -0.353. The number of fused-ring (bicyclic) bond motifs is 5. The van der Waals surface area contributed by atoms with Gasteiger partial charge in [-0.05, 0) is 116 Å². The van der Waals surface area contributed by atoms with Crippen LogP contribution in [0.4, 0.5) is 4.79 Å². The normalized spacial score (nSPS) is 26.9. The highest BCUT2D eigenvalue weighted by Gasteiger charge is 2.58. The van der Waals surface area contributed by atoms with Crippen LogP contribution in [0.5, 0.6) is 0 Å². The van der Waals surface area contributed by atoms with E-state index < -0.39 is 0 Å². The number of aryl methyl sites for hydroxylation is 1. The van der Waals surface area contributed by atoms with E-state index in [1.54, 1.807) is 36.8 Å². The number of hydrogen-bond acceptors (Lipinski definition) is 9. The number of amides is 2. The lowest BCUT2D eigenvalue weighted by atomic mass is 9.47. The molecule has 11 heteroatoms. The summed E-state index contributed by atoms with van der Waals surface area (Å²) < 4.78 is 28.1. The van der Waals surface area contributed by atoms with Crippen molar-refractivity contribution in [1.82, 2.24) is 20.8 Å². The van der Waals surface area contributed by atoms with E-state index in [0.717, 1.165) is 54.4 Å². The minimum absolute atomic E-state index is 0. The van der Waals surface area contributed by atoms with Crippen molar-refractivity contribution in [1.29, 1.82) is 0 Å². The van der Waals surface area contributed by atoms with E-state index in [4.69, 9.17) is 23.4 Å². The van der Waals surface area contributed by atoms with Gasteiger partial charge in [-0.2, -0.15) is 0 Å². The molecule has 3 saturated carbocycles. The molecular formula is C48H78N4O7. The molecule has 4 aliphatic carbocycles. The minimum Gasteiger partial charge on any atom is -0.446 e. The topological polar surface area (TPSA) is 134 Å². The van der Waals surface area contributed by atoms with E-state index in [9.17, 15) is 9.59 Å². The number of unbranched alkanes of at least 4 members (excludes halogenated alkanes) is 1. The average Bonchev–Trinajstić information content (AvgIpc) is 3.81. The first-order valence-corrected chi connectivity index (χ1v) is 22.6. The number of alkyl carbamates (subject to hydrolysis) is 1. The lowest BCUT2D eigenvalue weighted by molar-refractivity contribution is -0.0519. The molecule has 4 aliphatic rings. The van der Waals surface area contributed by atoms with Crippen LogP contribution in [0.3, 0.4) is 0 Å². The summed E-state index contributed by atoms with van der Waals surface area (Å²) >= 11 is 0. The number of hydrogen-bond donors (Lipinski definition) is 2. The molecule has 0 spiro atoms. The molecule has 0 bridgehead atoms. The van der Waals surface area contributed by atoms with E-state index in [2.05, 4.69) is 54.6 Å². The number of allylic oxidation sites excluding steroid dienone is 1. The lowest BCUT2D eigenvalue weighted by Gasteiger charge is -2.58. The van der Waals surface area contributed by atoms with Gasteiger partial charge in [-0.3, -0.25) is 4.79 Å². The van der Waals surface area contributed by atoms with E-state index >= 15 is 0 Å². The number of aromatic nitrogens is 2. The number of nitrogens with one attached hydrogen (secondary N) is 2. The quantitative estimate of drug-likeness (QED) is 0.0989. The van der Waals surface area contributed by atoms with Gasteiger partial charge in [-0.25, -0.2) is 4.79 Å². The average molecular weight is 823 g/mol. The summed E-state index contributed by atoms with van der Waals surface area (Å²) in [6, 6.07) is 7.00. The Morgan fingerprint density at radius 1 is 0.847 bits per heavy atom. The van der Waals surface area contributed by atoms with E-state index in [-0.39, 0.29) is 30.9 Å². The van der Waals surface area contributed by atoms with Crippen molar-refractivity contribution in [3.8, 4) is 11.5 Å². The molecule has 2 N–H and O–H groups in total. The first kappa shape index (κ1) is 48.4. The maximum atomic E-state index is 12.7. The van der Waals surface area contributed by atoms with Crippen LogP contribution in [0.15, 0.2) is 40.3 Å². The molecule has 0 radical (unpaired) electrons. The Balaban J connectivity index is 0.00000252. The Kier molecular flexibility index (Phi) is 19.4. The molecule has 7 atom stereocenters. The molecule has 6 rings (SSSR count). The summed E-state index contributed by atoms with van der Waals surface area (Å²) in [5, 5.41) is 13.5. The molecule has 7 unspecified atom stereocenters. The summed E-state index contributed by atoms with van der Waals surface area (Å²) in [5.74, 6) is 4.94. The molecule has 0 aliphatic heterocycles. The third-order valence-electron chi connectivity index (χ3n) is 13.8. The van der Waals surface area contributed by atoms with Crippen molar-refractivity contribution >= 4 is 12.0 Å². The van der Waals surface area contributed by atoms with Crippen LogP contribution in [-0.2, 0) is 18.9 Å². The molecule has 2 amide bonds. The first-order valence-electron chi connectivity index (χ1n) is 22.6. The zero-order chi connectivity index (χ0) is 41.5. The summed E-state index contributed by atoms with van der Waals surface area (Å²) in [7, 11) is 0. The lowest BCUT2D eigenvalue weighted by Crippen LogP contribution is -2.50. The molecule has 1 heterocycles. The largest absolute Gasteiger partial charge is 0.446 e. The van der Waals surface area contributed by atoms with Crippen molar-refractivity contribution in [2.45, 2.75) is 139 Å². The van der Waals surface area contributed by atoms with Crippen molar-refractivity contribution in [3.63, 3.8) is 0 Å². The maximum Gasteiger partial charge on any atom is 0.407 e. The Labute approximate surface area is 355 Å². The van der Waals surface area contributed by atoms with Gasteiger partial charge < -0.3 is 34.0 Å². The fourth-order valence-electron chi connectivity index (χ4n) is 10.7. The van der Waals surface area contributed by atoms with Gasteiger partial charge >= 0.3 is 6.09 Å². The number of benzene rings is 1. The molecule has 0 saturated heterocycles. The Morgan fingerprint density at radius 3 is 2.19 bits per heavy atom. The van der Waals surface area contributed by atoms with Gasteiger partial charge in [-0.1, -0.05) is 79.9 Å². The highest BCUT2D eigenvalue weighted by atomic mass is 16.6. The fourth-order valence-corrected chi connectivity index (χ4v) is 10.7. The number of rotatable bonds is 20. The van der Waals surface area contributed by atoms with Crippen molar-refractivity contribution < 1.29 is 33.0 Å². The summed E-state index contributed by atoms with van der Waals surface area (Å²) in [6.07, 6.45) is 17.5. The van der Waals surface area contributed by atoms with Crippen LogP contribution in [-0.4, -0.2) is 81.0 Å².